The van der Waals surface area contributed by atoms with Gasteiger partial charge in [-0.1, -0.05) is 26.8 Å². The molecule has 0 bridgehead atoms. The summed E-state index contributed by atoms with van der Waals surface area (Å²) in [6.45, 7) is 10.5. The molecule has 2 aliphatic rings. The van der Waals surface area contributed by atoms with Crippen LogP contribution in [0.25, 0.3) is 22.2 Å². The molecule has 2 fully saturated rings. The van der Waals surface area contributed by atoms with E-state index in [2.05, 4.69) is 58.9 Å². The van der Waals surface area contributed by atoms with Crippen LogP contribution in [0.1, 0.15) is 71.5 Å². The first kappa shape index (κ1) is 28.9. The lowest BCUT2D eigenvalue weighted by Gasteiger charge is -2.58. The molecule has 1 aromatic carbocycles. The van der Waals surface area contributed by atoms with Crippen LogP contribution in [0.3, 0.4) is 0 Å². The van der Waals surface area contributed by atoms with Crippen molar-refractivity contribution in [1.82, 2.24) is 29.5 Å². The summed E-state index contributed by atoms with van der Waals surface area (Å²) >= 11 is 0. The van der Waals surface area contributed by atoms with Gasteiger partial charge in [-0.3, -0.25) is 4.57 Å². The van der Waals surface area contributed by atoms with E-state index in [1.165, 1.54) is 22.8 Å². The van der Waals surface area contributed by atoms with E-state index in [1.807, 2.05) is 13.8 Å². The van der Waals surface area contributed by atoms with Crippen LogP contribution in [-0.2, 0) is 16.6 Å². The Balaban J connectivity index is 1.09. The summed E-state index contributed by atoms with van der Waals surface area (Å²) in [5.74, 6) is 1.63. The number of fused-ring (bicyclic) bond motifs is 2. The number of aromatic nitrogens is 6. The maximum Gasteiger partial charge on any atom is 0.167 e. The molecule has 3 aromatic heterocycles. The van der Waals surface area contributed by atoms with Gasteiger partial charge in [0.25, 0.3) is 0 Å². The number of aliphatic hydroxyl groups is 2. The number of nitrogens with two attached hydrogens (primary N) is 1. The standard InChI is InChI=1S/C30H42N8O4/c1-16(2)38(41,13-22-25(39)26(40)29(42-22)37-15-34-24-27(31)32-14-33-28(24)37)19-10-17(11-19)6-9-23-35-20-8-7-18(30(3,4)5)12-21(20)36-23/h7-8,12,14-17,19,22,25-26,29,39-40H,6,9-11,13H2,1-5H3,(H,35,36)(H2,31,32,33)/t17-,19+,22-,25-,26-,29-,38?/m1/s1. The topological polar surface area (TPSA) is 171 Å². The van der Waals surface area contributed by atoms with Crippen LogP contribution in [0.15, 0.2) is 30.9 Å². The monoisotopic (exact) mass is 578 g/mol. The van der Waals surface area contributed by atoms with Gasteiger partial charge < -0.3 is 35.5 Å². The van der Waals surface area contributed by atoms with Gasteiger partial charge in [0.05, 0.1) is 29.4 Å². The first-order chi connectivity index (χ1) is 19.8. The van der Waals surface area contributed by atoms with Crippen LogP contribution in [0, 0.1) is 11.1 Å². The van der Waals surface area contributed by atoms with Gasteiger partial charge >= 0.3 is 0 Å². The maximum absolute atomic E-state index is 14.3. The Morgan fingerprint density at radius 2 is 1.93 bits per heavy atom. The largest absolute Gasteiger partial charge is 0.632 e. The number of H-pyrrole nitrogens is 1. The maximum atomic E-state index is 14.3. The third-order valence-corrected chi connectivity index (χ3v) is 9.35. The lowest BCUT2D eigenvalue weighted by Crippen LogP contribution is -2.63. The minimum absolute atomic E-state index is 0.0488. The van der Waals surface area contributed by atoms with Gasteiger partial charge in [-0.05, 0) is 49.3 Å². The molecule has 4 heterocycles. The van der Waals surface area contributed by atoms with Crippen molar-refractivity contribution in [2.45, 2.75) is 102 Å². The molecule has 0 amide bonds. The van der Waals surface area contributed by atoms with E-state index in [-0.39, 0.29) is 29.9 Å². The molecule has 1 saturated carbocycles. The van der Waals surface area contributed by atoms with Crippen molar-refractivity contribution < 1.29 is 19.6 Å². The molecule has 5 N–H and O–H groups in total. The summed E-state index contributed by atoms with van der Waals surface area (Å²) in [4.78, 5) is 20.7. The number of anilines is 1. The minimum atomic E-state index is -1.25. The van der Waals surface area contributed by atoms with Crippen LogP contribution in [-0.4, -0.2) is 81.3 Å². The van der Waals surface area contributed by atoms with Crippen LogP contribution >= 0.6 is 0 Å². The van der Waals surface area contributed by atoms with Gasteiger partial charge in [0, 0.05) is 19.3 Å². The van der Waals surface area contributed by atoms with Crippen LogP contribution < -0.4 is 5.73 Å². The molecule has 5 atom stereocenters. The zero-order valence-corrected chi connectivity index (χ0v) is 24.9. The number of hydrogen-bond acceptors (Lipinski definition) is 9. The van der Waals surface area contributed by atoms with E-state index < -0.39 is 29.2 Å². The second kappa shape index (κ2) is 10.5. The van der Waals surface area contributed by atoms with Crippen molar-refractivity contribution in [2.24, 2.45) is 5.92 Å². The minimum Gasteiger partial charge on any atom is -0.632 e. The van der Waals surface area contributed by atoms with Crippen molar-refractivity contribution in [1.29, 1.82) is 0 Å². The van der Waals surface area contributed by atoms with E-state index in [0.29, 0.717) is 17.1 Å². The lowest BCUT2D eigenvalue weighted by atomic mass is 9.75. The number of nitrogens with zero attached hydrogens (tertiary/aromatic N) is 6. The number of nitrogen functional groups attached to an aromatic ring is 1. The number of rotatable bonds is 8. The number of ether oxygens (including phenoxy) is 1. The number of quaternary nitrogens is 1. The van der Waals surface area contributed by atoms with E-state index >= 15 is 0 Å². The van der Waals surface area contributed by atoms with E-state index in [9.17, 15) is 15.4 Å². The predicted molar refractivity (Wildman–Crippen MR) is 159 cm³/mol. The summed E-state index contributed by atoms with van der Waals surface area (Å²) in [6.07, 6.45) is 1.94. The van der Waals surface area contributed by atoms with E-state index in [1.54, 1.807) is 0 Å². The summed E-state index contributed by atoms with van der Waals surface area (Å²) in [5, 5.41) is 36.1. The zero-order valence-electron chi connectivity index (χ0n) is 24.9. The second-order valence-electron chi connectivity index (χ2n) is 13.5. The fraction of sp³-hybridized carbons (Fsp3) is 0.600. The molecule has 1 unspecified atom stereocenters. The Hall–Kier alpha value is -3.16. The average Bonchev–Trinajstić information content (AvgIpc) is 3.59. The number of nitrogens with one attached hydrogen (secondary N) is 1. The van der Waals surface area contributed by atoms with Crippen molar-refractivity contribution in [2.75, 3.05) is 12.3 Å². The Morgan fingerprint density at radius 3 is 2.64 bits per heavy atom. The fourth-order valence-corrected chi connectivity index (χ4v) is 6.51. The molecule has 4 aromatic rings. The smallest absolute Gasteiger partial charge is 0.167 e. The number of hydroxylamine groups is 3. The first-order valence-electron chi connectivity index (χ1n) is 14.9. The van der Waals surface area contributed by atoms with Crippen LogP contribution in [0.5, 0.6) is 0 Å². The molecular weight excluding hydrogens is 536 g/mol. The normalized spacial score (nSPS) is 28.0. The molecule has 226 valence electrons. The quantitative estimate of drug-likeness (QED) is 0.181. The number of aryl methyl sites for hydroxylation is 1. The molecule has 1 aliphatic heterocycles. The Bertz CT molecular complexity index is 1570. The van der Waals surface area contributed by atoms with Crippen molar-refractivity contribution in [3.8, 4) is 0 Å². The molecule has 42 heavy (non-hydrogen) atoms. The number of benzene rings is 1. The van der Waals surface area contributed by atoms with E-state index in [4.69, 9.17) is 15.5 Å². The molecule has 6 rings (SSSR count). The highest BCUT2D eigenvalue weighted by Crippen LogP contribution is 2.42. The first-order valence-corrected chi connectivity index (χ1v) is 14.9. The molecule has 12 nitrogen and oxygen atoms in total. The third kappa shape index (κ3) is 5.05. The van der Waals surface area contributed by atoms with Gasteiger partial charge in [-0.25, -0.2) is 19.9 Å². The summed E-state index contributed by atoms with van der Waals surface area (Å²) in [5.41, 5.74) is 10.1. The number of hydrogen-bond donors (Lipinski definition) is 4. The molecule has 0 spiro atoms. The molecule has 0 radical (unpaired) electrons. The molecule has 1 aliphatic carbocycles. The fourth-order valence-electron chi connectivity index (χ4n) is 6.51. The lowest BCUT2D eigenvalue weighted by molar-refractivity contribution is -0.935. The summed E-state index contributed by atoms with van der Waals surface area (Å²) in [6, 6.07) is 6.12. The van der Waals surface area contributed by atoms with Crippen LogP contribution in [0.2, 0.25) is 0 Å². The zero-order chi connectivity index (χ0) is 30.0. The van der Waals surface area contributed by atoms with Gasteiger partial charge in [0.1, 0.15) is 42.5 Å². The van der Waals surface area contributed by atoms with Gasteiger partial charge in [-0.15, -0.1) is 0 Å². The number of aromatic amines is 1. The highest BCUT2D eigenvalue weighted by Gasteiger charge is 2.50. The van der Waals surface area contributed by atoms with Gasteiger partial charge in [0.15, 0.2) is 17.7 Å². The SMILES string of the molecule is CC(C)[N+]([O-])(C[C@H]1O[C@@H](n2cnc3c(N)ncnc32)[C@H](O)[C@@H]1O)[C@H]1C[C@@H](CCc2nc3cc(C(C)(C)C)ccc3[nH]2)C1. The summed E-state index contributed by atoms with van der Waals surface area (Å²) in [7, 11) is 0. The van der Waals surface area contributed by atoms with Gasteiger partial charge in [-0.2, -0.15) is 0 Å². The van der Waals surface area contributed by atoms with Crippen molar-refractivity contribution in [3.05, 3.63) is 47.4 Å². The Morgan fingerprint density at radius 1 is 1.17 bits per heavy atom. The predicted octanol–water partition coefficient (Wildman–Crippen LogP) is 3.34. The van der Waals surface area contributed by atoms with Crippen molar-refractivity contribution in [3.63, 3.8) is 0 Å². The molecule has 1 saturated heterocycles. The Labute approximate surface area is 245 Å². The van der Waals surface area contributed by atoms with Crippen molar-refractivity contribution >= 4 is 28.0 Å². The molecule has 12 heteroatoms. The average molecular weight is 579 g/mol. The van der Waals surface area contributed by atoms with E-state index in [0.717, 1.165) is 42.5 Å². The number of imidazole rings is 2. The molecular formula is C30H42N8O4. The second-order valence-corrected chi connectivity index (χ2v) is 13.5. The van der Waals surface area contributed by atoms with Gasteiger partial charge in [0.2, 0.25) is 0 Å². The number of aliphatic hydroxyl groups excluding tert-OH is 2. The Kier molecular flexibility index (Phi) is 7.25. The third-order valence-electron chi connectivity index (χ3n) is 9.35. The van der Waals surface area contributed by atoms with Crippen LogP contribution in [0.4, 0.5) is 5.82 Å². The highest BCUT2D eigenvalue weighted by molar-refractivity contribution is 5.81. The highest BCUT2D eigenvalue weighted by atomic mass is 16.6. The summed E-state index contributed by atoms with van der Waals surface area (Å²) < 4.78 is 7.19.